The van der Waals surface area contributed by atoms with Crippen LogP contribution in [0.15, 0.2) is 41.6 Å². The summed E-state index contributed by atoms with van der Waals surface area (Å²) in [7, 11) is 1.52. The molecule has 2 saturated heterocycles. The number of hydrogen-bond donors (Lipinski definition) is 2. The highest BCUT2D eigenvalue weighted by molar-refractivity contribution is 6.02. The van der Waals surface area contributed by atoms with E-state index < -0.39 is 11.9 Å². The Kier molecular flexibility index (Phi) is 7.31. The summed E-state index contributed by atoms with van der Waals surface area (Å²) >= 11 is 0. The van der Waals surface area contributed by atoms with Gasteiger partial charge in [0.25, 0.3) is 5.91 Å². The Labute approximate surface area is 241 Å². The Balaban J connectivity index is 1.26. The minimum atomic E-state index is -0.407. The first-order valence-electron chi connectivity index (χ1n) is 13.8. The van der Waals surface area contributed by atoms with Gasteiger partial charge in [0.1, 0.15) is 5.82 Å². The maximum atomic E-state index is 14.5. The molecule has 5 heterocycles. The van der Waals surface area contributed by atoms with Gasteiger partial charge in [0.05, 0.1) is 35.8 Å². The maximum Gasteiger partial charge on any atom is 0.263 e. The van der Waals surface area contributed by atoms with Crippen LogP contribution >= 0.6 is 0 Å². The van der Waals surface area contributed by atoms with Crippen molar-refractivity contribution in [1.29, 1.82) is 0 Å². The van der Waals surface area contributed by atoms with E-state index >= 15 is 0 Å². The number of carbonyl (C=O) groups is 2. The van der Waals surface area contributed by atoms with Gasteiger partial charge in [-0.05, 0) is 37.1 Å². The van der Waals surface area contributed by atoms with Crippen molar-refractivity contribution in [1.82, 2.24) is 30.1 Å². The summed E-state index contributed by atoms with van der Waals surface area (Å²) in [6.07, 6.45) is 1.69. The monoisotopic (exact) mass is 574 g/mol. The summed E-state index contributed by atoms with van der Waals surface area (Å²) in [5.41, 5.74) is 9.75. The quantitative estimate of drug-likeness (QED) is 0.422. The van der Waals surface area contributed by atoms with Gasteiger partial charge in [0, 0.05) is 50.1 Å². The fraction of sp³-hybridized carbons (Fsp3) is 0.379. The lowest BCUT2D eigenvalue weighted by molar-refractivity contribution is -0.142. The fourth-order valence-corrected chi connectivity index (χ4v) is 5.92. The lowest BCUT2D eigenvalue weighted by Crippen LogP contribution is -2.53. The van der Waals surface area contributed by atoms with Crippen LogP contribution in [0.3, 0.4) is 0 Å². The number of nitrogens with zero attached hydrogens (tertiary/aromatic N) is 6. The zero-order chi connectivity index (χ0) is 29.4. The molecule has 3 aromatic rings. The molecule has 42 heavy (non-hydrogen) atoms. The number of piperazine rings is 1. The predicted octanol–water partition coefficient (Wildman–Crippen LogP) is 1.98. The number of fused-ring (bicyclic) bond motifs is 2. The van der Waals surface area contributed by atoms with E-state index in [1.54, 1.807) is 36.1 Å². The summed E-state index contributed by atoms with van der Waals surface area (Å²) in [5, 5.41) is 7.70. The first kappa shape index (κ1) is 27.4. The van der Waals surface area contributed by atoms with Crippen LogP contribution in [0, 0.1) is 12.7 Å². The summed E-state index contributed by atoms with van der Waals surface area (Å²) in [6.45, 7) is 3.01. The Morgan fingerprint density at radius 3 is 2.90 bits per heavy atom. The maximum absolute atomic E-state index is 14.5. The van der Waals surface area contributed by atoms with Gasteiger partial charge in [-0.2, -0.15) is 0 Å². The van der Waals surface area contributed by atoms with Crippen molar-refractivity contribution in [3.8, 4) is 17.1 Å². The number of nitrogens with one attached hydrogen (secondary N) is 1. The lowest BCUT2D eigenvalue weighted by atomic mass is 9.90. The average Bonchev–Trinajstić information content (AvgIpc) is 3.36. The second-order valence-corrected chi connectivity index (χ2v) is 10.5. The molecule has 0 radical (unpaired) electrons. The molecule has 2 fully saturated rings. The lowest BCUT2D eigenvalue weighted by Gasteiger charge is -2.37. The molecule has 3 aliphatic heterocycles. The second kappa shape index (κ2) is 11.2. The highest BCUT2D eigenvalue weighted by Gasteiger charge is 2.37. The van der Waals surface area contributed by atoms with E-state index in [0.29, 0.717) is 72.4 Å². The Bertz CT molecular complexity index is 1580. The van der Waals surface area contributed by atoms with Gasteiger partial charge >= 0.3 is 0 Å². The van der Waals surface area contributed by atoms with Gasteiger partial charge in [0.15, 0.2) is 12.4 Å². The van der Waals surface area contributed by atoms with E-state index in [1.165, 1.54) is 19.2 Å². The molecule has 0 aliphatic carbocycles. The van der Waals surface area contributed by atoms with Crippen molar-refractivity contribution in [2.45, 2.75) is 38.3 Å². The van der Waals surface area contributed by atoms with Crippen LogP contribution in [0.4, 0.5) is 10.3 Å². The van der Waals surface area contributed by atoms with Crippen molar-refractivity contribution < 1.29 is 23.6 Å². The normalized spacial score (nSPS) is 20.6. The molecular formula is C29H31FN8O4. The number of benzene rings is 1. The van der Waals surface area contributed by atoms with E-state index in [2.05, 4.69) is 25.4 Å². The van der Waals surface area contributed by atoms with Gasteiger partial charge in [-0.3, -0.25) is 9.59 Å². The number of amidine groups is 1. The molecular weight excluding hydrogens is 543 g/mol. The first-order chi connectivity index (χ1) is 20.3. The summed E-state index contributed by atoms with van der Waals surface area (Å²) in [6, 6.07) is 9.46. The zero-order valence-electron chi connectivity index (χ0n) is 23.3. The van der Waals surface area contributed by atoms with Crippen LogP contribution in [0.1, 0.15) is 41.4 Å². The van der Waals surface area contributed by atoms with Crippen LogP contribution in [0.25, 0.3) is 11.3 Å². The van der Waals surface area contributed by atoms with Gasteiger partial charge < -0.3 is 30.4 Å². The topological polar surface area (TPSA) is 148 Å². The number of pyridine rings is 1. The number of aryl methyl sites for hydroxylation is 1. The minimum Gasteiger partial charge on any atom is -0.481 e. The van der Waals surface area contributed by atoms with E-state index in [-0.39, 0.29) is 30.4 Å². The number of rotatable bonds is 6. The molecule has 12 nitrogen and oxygen atoms in total. The van der Waals surface area contributed by atoms with Crippen molar-refractivity contribution in [2.24, 2.45) is 5.16 Å². The van der Waals surface area contributed by atoms with Gasteiger partial charge in [0.2, 0.25) is 17.7 Å². The van der Waals surface area contributed by atoms with Crippen molar-refractivity contribution in [2.75, 3.05) is 39.1 Å². The minimum absolute atomic E-state index is 0.0587. The largest absolute Gasteiger partial charge is 0.481 e. The number of oxime groups is 1. The van der Waals surface area contributed by atoms with E-state index in [4.69, 9.17) is 15.3 Å². The van der Waals surface area contributed by atoms with Crippen LogP contribution in [-0.2, 0) is 20.8 Å². The highest BCUT2D eigenvalue weighted by Crippen LogP contribution is 2.34. The third-order valence-corrected chi connectivity index (χ3v) is 7.92. The zero-order valence-corrected chi connectivity index (χ0v) is 23.3. The SMILES string of the molecule is COc1cccc(-c2cc(F)ccc2[C@H]2Cc3nc(N)nc(C)c3/C(=N/OCC(=O)N3CCN4C(=O)CCC4C3)N2)n1. The van der Waals surface area contributed by atoms with Crippen molar-refractivity contribution in [3.63, 3.8) is 0 Å². The van der Waals surface area contributed by atoms with Crippen LogP contribution in [-0.4, -0.2) is 81.8 Å². The van der Waals surface area contributed by atoms with Gasteiger partial charge in [-0.25, -0.2) is 19.3 Å². The van der Waals surface area contributed by atoms with E-state index in [1.807, 2.05) is 4.90 Å². The number of amides is 2. The summed E-state index contributed by atoms with van der Waals surface area (Å²) < 4.78 is 19.8. The Morgan fingerprint density at radius 1 is 1.21 bits per heavy atom. The van der Waals surface area contributed by atoms with Gasteiger partial charge in [-0.15, -0.1) is 0 Å². The summed E-state index contributed by atoms with van der Waals surface area (Å²) in [4.78, 5) is 47.4. The number of halogens is 1. The fourth-order valence-electron chi connectivity index (χ4n) is 5.92. The summed E-state index contributed by atoms with van der Waals surface area (Å²) in [5.74, 6) is 0.405. The van der Waals surface area contributed by atoms with Crippen LogP contribution in [0.5, 0.6) is 5.88 Å². The van der Waals surface area contributed by atoms with Crippen molar-refractivity contribution >= 4 is 23.6 Å². The van der Waals surface area contributed by atoms with Crippen LogP contribution in [0.2, 0.25) is 0 Å². The molecule has 1 unspecified atom stereocenters. The number of ether oxygens (including phenoxy) is 1. The molecule has 0 saturated carbocycles. The highest BCUT2D eigenvalue weighted by atomic mass is 19.1. The molecule has 2 atom stereocenters. The second-order valence-electron chi connectivity index (χ2n) is 10.5. The third kappa shape index (κ3) is 5.29. The number of nitrogen functional groups attached to an aromatic ring is 1. The predicted molar refractivity (Wildman–Crippen MR) is 151 cm³/mol. The molecule has 6 rings (SSSR count). The number of hydrogen-bond acceptors (Lipinski definition) is 9. The number of carbonyl (C=O) groups excluding carboxylic acids is 2. The smallest absolute Gasteiger partial charge is 0.263 e. The molecule has 3 N–H and O–H groups in total. The third-order valence-electron chi connectivity index (χ3n) is 7.92. The average molecular weight is 575 g/mol. The molecule has 2 amide bonds. The van der Waals surface area contributed by atoms with Gasteiger partial charge in [-0.1, -0.05) is 17.3 Å². The van der Waals surface area contributed by atoms with Crippen LogP contribution < -0.4 is 15.8 Å². The molecule has 0 spiro atoms. The standard InChI is InChI=1S/C29H31FN8O4/c1-16-27-23(35-29(31)32-16)13-22(19-8-6-17(30)12-20(19)21-4-3-5-24(33-21)41-2)34-28(27)36-42-15-26(40)37-10-11-38-18(14-37)7-9-25(38)39/h3-6,8,12,18,22H,7,9-11,13-15H2,1-2H3,(H,34,36)(H2,31,32,35)/t18?,22-/m1/s1. The first-order valence-corrected chi connectivity index (χ1v) is 13.8. The number of anilines is 1. The molecule has 3 aliphatic rings. The Hall–Kier alpha value is -4.81. The molecule has 0 bridgehead atoms. The molecule has 218 valence electrons. The van der Waals surface area contributed by atoms with E-state index in [0.717, 1.165) is 12.0 Å². The number of nitrogens with two attached hydrogens (primary N) is 1. The van der Waals surface area contributed by atoms with E-state index in [9.17, 15) is 14.0 Å². The number of aromatic nitrogens is 3. The number of methoxy groups -OCH3 is 1. The molecule has 13 heteroatoms. The van der Waals surface area contributed by atoms with Crippen molar-refractivity contribution in [3.05, 3.63) is 64.7 Å². The molecule has 2 aromatic heterocycles. The molecule has 1 aromatic carbocycles. The Morgan fingerprint density at radius 2 is 2.07 bits per heavy atom.